The molecule has 0 amide bonds. The SMILES string of the molecule is CCOC(=O)c1cnn(C2CCC(c3ccc(F)cc3)C2)c1. The van der Waals surface area contributed by atoms with E-state index in [1.54, 1.807) is 19.3 Å². The highest BCUT2D eigenvalue weighted by atomic mass is 19.1. The van der Waals surface area contributed by atoms with Gasteiger partial charge in [0.1, 0.15) is 5.82 Å². The molecule has 3 rings (SSSR count). The Kier molecular flexibility index (Phi) is 4.22. The van der Waals surface area contributed by atoms with Crippen LogP contribution in [-0.2, 0) is 4.74 Å². The first-order valence-electron chi connectivity index (χ1n) is 7.64. The van der Waals surface area contributed by atoms with Gasteiger partial charge in [0.05, 0.1) is 24.4 Å². The molecule has 4 nitrogen and oxygen atoms in total. The number of hydrogen-bond acceptors (Lipinski definition) is 3. The average Bonchev–Trinajstić information content (AvgIpc) is 3.17. The van der Waals surface area contributed by atoms with Crippen LogP contribution >= 0.6 is 0 Å². The van der Waals surface area contributed by atoms with Crippen molar-refractivity contribution in [2.45, 2.75) is 38.1 Å². The van der Waals surface area contributed by atoms with Crippen LogP contribution in [0.5, 0.6) is 0 Å². The summed E-state index contributed by atoms with van der Waals surface area (Å²) in [5, 5.41) is 4.30. The summed E-state index contributed by atoms with van der Waals surface area (Å²) in [6.45, 7) is 2.15. The van der Waals surface area contributed by atoms with Gasteiger partial charge < -0.3 is 4.74 Å². The molecule has 1 aromatic carbocycles. The molecule has 0 radical (unpaired) electrons. The summed E-state index contributed by atoms with van der Waals surface area (Å²) in [6, 6.07) is 7.01. The predicted octanol–water partition coefficient (Wildman–Crippen LogP) is 3.71. The fourth-order valence-corrected chi connectivity index (χ4v) is 3.09. The molecule has 1 aliphatic rings. The summed E-state index contributed by atoms with van der Waals surface area (Å²) in [7, 11) is 0. The Morgan fingerprint density at radius 2 is 2.14 bits per heavy atom. The van der Waals surface area contributed by atoms with Crippen LogP contribution in [0.4, 0.5) is 4.39 Å². The second-order valence-electron chi connectivity index (χ2n) is 5.64. The highest BCUT2D eigenvalue weighted by Gasteiger charge is 2.28. The summed E-state index contributed by atoms with van der Waals surface area (Å²) < 4.78 is 19.8. The zero-order valence-corrected chi connectivity index (χ0v) is 12.5. The molecule has 2 atom stereocenters. The molecule has 1 heterocycles. The van der Waals surface area contributed by atoms with Crippen molar-refractivity contribution in [2.75, 3.05) is 6.61 Å². The molecule has 0 spiro atoms. The van der Waals surface area contributed by atoms with E-state index in [9.17, 15) is 9.18 Å². The van der Waals surface area contributed by atoms with Gasteiger partial charge in [0.15, 0.2) is 0 Å². The third-order valence-electron chi connectivity index (χ3n) is 4.23. The van der Waals surface area contributed by atoms with E-state index in [0.29, 0.717) is 18.1 Å². The molecule has 1 fully saturated rings. The summed E-state index contributed by atoms with van der Waals surface area (Å²) in [5.74, 6) is -0.118. The molecule has 0 saturated heterocycles. The second-order valence-corrected chi connectivity index (χ2v) is 5.64. The van der Waals surface area contributed by atoms with Gasteiger partial charge in [-0.25, -0.2) is 9.18 Å². The van der Waals surface area contributed by atoms with Gasteiger partial charge >= 0.3 is 5.97 Å². The maximum absolute atomic E-state index is 13.0. The Labute approximate surface area is 128 Å². The Bertz CT molecular complexity index is 651. The Balaban J connectivity index is 1.67. The van der Waals surface area contributed by atoms with Crippen molar-refractivity contribution in [3.63, 3.8) is 0 Å². The van der Waals surface area contributed by atoms with Crippen molar-refractivity contribution >= 4 is 5.97 Å². The quantitative estimate of drug-likeness (QED) is 0.809. The van der Waals surface area contributed by atoms with Crippen LogP contribution in [0.3, 0.4) is 0 Å². The van der Waals surface area contributed by atoms with E-state index in [1.165, 1.54) is 17.7 Å². The van der Waals surface area contributed by atoms with E-state index in [0.717, 1.165) is 19.3 Å². The predicted molar refractivity (Wildman–Crippen MR) is 80.2 cm³/mol. The number of carbonyl (C=O) groups excluding carboxylic acids is 1. The number of carbonyl (C=O) groups is 1. The van der Waals surface area contributed by atoms with Crippen LogP contribution in [-0.4, -0.2) is 22.4 Å². The molecule has 2 aromatic rings. The molecule has 0 aliphatic heterocycles. The fraction of sp³-hybridized carbons (Fsp3) is 0.412. The number of aromatic nitrogens is 2. The third-order valence-corrected chi connectivity index (χ3v) is 4.23. The van der Waals surface area contributed by atoms with Gasteiger partial charge in [-0.2, -0.15) is 5.10 Å². The molecule has 0 N–H and O–H groups in total. The minimum absolute atomic E-state index is 0.204. The van der Waals surface area contributed by atoms with Crippen LogP contribution < -0.4 is 0 Å². The van der Waals surface area contributed by atoms with E-state index in [1.807, 2.05) is 16.8 Å². The second kappa shape index (κ2) is 6.30. The monoisotopic (exact) mass is 302 g/mol. The number of halogens is 1. The highest BCUT2D eigenvalue weighted by molar-refractivity contribution is 5.88. The van der Waals surface area contributed by atoms with E-state index < -0.39 is 0 Å². The Morgan fingerprint density at radius 1 is 1.36 bits per heavy atom. The molecule has 0 bridgehead atoms. The standard InChI is InChI=1S/C17H19FN2O2/c1-2-22-17(21)14-10-19-20(11-14)16-8-5-13(9-16)12-3-6-15(18)7-4-12/h3-4,6-7,10-11,13,16H,2,5,8-9H2,1H3. The van der Waals surface area contributed by atoms with Crippen molar-refractivity contribution in [1.29, 1.82) is 0 Å². The molecule has 116 valence electrons. The van der Waals surface area contributed by atoms with E-state index in [2.05, 4.69) is 5.10 Å². The minimum Gasteiger partial charge on any atom is -0.462 e. The Hall–Kier alpha value is -2.17. The molecule has 1 aromatic heterocycles. The number of rotatable bonds is 4. The zero-order valence-electron chi connectivity index (χ0n) is 12.5. The first-order valence-corrected chi connectivity index (χ1v) is 7.64. The van der Waals surface area contributed by atoms with E-state index in [-0.39, 0.29) is 17.8 Å². The largest absolute Gasteiger partial charge is 0.462 e. The first-order chi connectivity index (χ1) is 10.7. The zero-order chi connectivity index (χ0) is 15.5. The Morgan fingerprint density at radius 3 is 2.86 bits per heavy atom. The summed E-state index contributed by atoms with van der Waals surface area (Å²) in [4.78, 5) is 11.7. The lowest BCUT2D eigenvalue weighted by atomic mass is 9.97. The minimum atomic E-state index is -0.332. The number of nitrogens with zero attached hydrogens (tertiary/aromatic N) is 2. The van der Waals surface area contributed by atoms with Crippen LogP contribution in [0.1, 0.15) is 54.1 Å². The summed E-state index contributed by atoms with van der Waals surface area (Å²) in [5.41, 5.74) is 1.66. The van der Waals surface area contributed by atoms with Crippen LogP contribution in [0.25, 0.3) is 0 Å². The molecule has 1 saturated carbocycles. The topological polar surface area (TPSA) is 44.1 Å². The first kappa shape index (κ1) is 14.8. The van der Waals surface area contributed by atoms with Crippen LogP contribution in [0.15, 0.2) is 36.7 Å². The number of ether oxygens (including phenoxy) is 1. The van der Waals surface area contributed by atoms with Crippen molar-refractivity contribution in [3.8, 4) is 0 Å². The number of benzene rings is 1. The van der Waals surface area contributed by atoms with Gasteiger partial charge in [0, 0.05) is 6.20 Å². The van der Waals surface area contributed by atoms with Gasteiger partial charge in [0.2, 0.25) is 0 Å². The lowest BCUT2D eigenvalue weighted by Crippen LogP contribution is -2.07. The molecule has 1 aliphatic carbocycles. The third kappa shape index (κ3) is 3.03. The number of esters is 1. The number of hydrogen-bond donors (Lipinski definition) is 0. The molecule has 22 heavy (non-hydrogen) atoms. The maximum atomic E-state index is 13.0. The summed E-state index contributed by atoms with van der Waals surface area (Å²) in [6.07, 6.45) is 6.32. The van der Waals surface area contributed by atoms with Gasteiger partial charge in [-0.3, -0.25) is 4.68 Å². The molecule has 2 unspecified atom stereocenters. The normalized spacial score (nSPS) is 21.0. The lowest BCUT2D eigenvalue weighted by Gasteiger charge is -2.12. The fourth-order valence-electron chi connectivity index (χ4n) is 3.09. The van der Waals surface area contributed by atoms with Gasteiger partial charge in [0.25, 0.3) is 0 Å². The van der Waals surface area contributed by atoms with Gasteiger partial charge in [-0.1, -0.05) is 12.1 Å². The van der Waals surface area contributed by atoms with Crippen molar-refractivity contribution in [1.82, 2.24) is 9.78 Å². The molecule has 5 heteroatoms. The van der Waals surface area contributed by atoms with E-state index in [4.69, 9.17) is 4.74 Å². The lowest BCUT2D eigenvalue weighted by molar-refractivity contribution is 0.0526. The molecular weight excluding hydrogens is 283 g/mol. The van der Waals surface area contributed by atoms with Crippen LogP contribution in [0, 0.1) is 5.82 Å². The van der Waals surface area contributed by atoms with Crippen molar-refractivity contribution in [2.24, 2.45) is 0 Å². The molecular formula is C17H19FN2O2. The highest BCUT2D eigenvalue weighted by Crippen LogP contribution is 2.40. The van der Waals surface area contributed by atoms with Crippen LogP contribution in [0.2, 0.25) is 0 Å². The van der Waals surface area contributed by atoms with Crippen molar-refractivity contribution < 1.29 is 13.9 Å². The van der Waals surface area contributed by atoms with E-state index >= 15 is 0 Å². The average molecular weight is 302 g/mol. The van der Waals surface area contributed by atoms with Crippen molar-refractivity contribution in [3.05, 3.63) is 53.6 Å². The maximum Gasteiger partial charge on any atom is 0.341 e. The smallest absolute Gasteiger partial charge is 0.341 e. The van der Waals surface area contributed by atoms with Gasteiger partial charge in [-0.15, -0.1) is 0 Å². The summed E-state index contributed by atoms with van der Waals surface area (Å²) >= 11 is 0. The van der Waals surface area contributed by atoms with Gasteiger partial charge in [-0.05, 0) is 49.8 Å².